The van der Waals surface area contributed by atoms with Crippen molar-refractivity contribution in [3.8, 4) is 11.5 Å². The first-order valence-electron chi connectivity index (χ1n) is 7.43. The zero-order valence-corrected chi connectivity index (χ0v) is 13.4. The molecule has 0 spiro atoms. The van der Waals surface area contributed by atoms with Crippen molar-refractivity contribution in [2.45, 2.75) is 13.8 Å². The van der Waals surface area contributed by atoms with Crippen LogP contribution < -0.4 is 4.90 Å². The summed E-state index contributed by atoms with van der Waals surface area (Å²) in [5.41, 5.74) is 0.873. The van der Waals surface area contributed by atoms with Crippen LogP contribution in [-0.4, -0.2) is 28.2 Å². The van der Waals surface area contributed by atoms with E-state index in [-0.39, 0.29) is 17.1 Å². The molecule has 2 aromatic carbocycles. The van der Waals surface area contributed by atoms with E-state index in [9.17, 15) is 20.3 Å². The quantitative estimate of drug-likeness (QED) is 0.467. The van der Waals surface area contributed by atoms with Crippen LogP contribution >= 0.6 is 0 Å². The Hall–Kier alpha value is -3.16. The van der Waals surface area contributed by atoms with Crippen molar-refractivity contribution in [1.82, 2.24) is 0 Å². The van der Waals surface area contributed by atoms with Crippen LogP contribution in [-0.2, 0) is 0 Å². The Kier molecular flexibility index (Phi) is 5.31. The summed E-state index contributed by atoms with van der Waals surface area (Å²) >= 11 is 0. The van der Waals surface area contributed by atoms with Crippen molar-refractivity contribution in [2.75, 3.05) is 18.0 Å². The summed E-state index contributed by atoms with van der Waals surface area (Å²) in [5, 5.41) is 38.0. The molecule has 8 heteroatoms. The minimum Gasteiger partial charge on any atom is -0.506 e. The van der Waals surface area contributed by atoms with Gasteiger partial charge in [-0.3, -0.25) is 10.1 Å². The Morgan fingerprint density at radius 1 is 1.04 bits per heavy atom. The van der Waals surface area contributed by atoms with Gasteiger partial charge in [-0.2, -0.15) is 5.11 Å². The number of rotatable bonds is 6. The number of phenolic OH excluding ortho intramolecular Hbond substituents is 2. The van der Waals surface area contributed by atoms with E-state index in [0.29, 0.717) is 0 Å². The maximum Gasteiger partial charge on any atom is 0.312 e. The van der Waals surface area contributed by atoms with Gasteiger partial charge < -0.3 is 15.1 Å². The minimum atomic E-state index is -0.704. The number of phenols is 2. The first kappa shape index (κ1) is 17.2. The molecule has 126 valence electrons. The summed E-state index contributed by atoms with van der Waals surface area (Å²) in [6.45, 7) is 5.67. The Balaban J connectivity index is 2.26. The number of benzene rings is 2. The number of hydrogen-bond acceptors (Lipinski definition) is 7. The van der Waals surface area contributed by atoms with E-state index in [1.807, 2.05) is 19.9 Å². The van der Waals surface area contributed by atoms with Crippen molar-refractivity contribution in [3.63, 3.8) is 0 Å². The summed E-state index contributed by atoms with van der Waals surface area (Å²) in [6.07, 6.45) is 0. The minimum absolute atomic E-state index is 0.0311. The van der Waals surface area contributed by atoms with Crippen molar-refractivity contribution < 1.29 is 15.1 Å². The van der Waals surface area contributed by atoms with Crippen LogP contribution in [0.1, 0.15) is 13.8 Å². The van der Waals surface area contributed by atoms with E-state index in [1.54, 1.807) is 12.1 Å². The summed E-state index contributed by atoms with van der Waals surface area (Å²) in [6, 6.07) is 8.73. The molecule has 2 rings (SSSR count). The lowest BCUT2D eigenvalue weighted by Gasteiger charge is -2.21. The topological polar surface area (TPSA) is 112 Å². The first-order chi connectivity index (χ1) is 11.5. The predicted molar refractivity (Wildman–Crippen MR) is 90.6 cm³/mol. The zero-order valence-electron chi connectivity index (χ0n) is 13.4. The SMILES string of the molecule is CCN(CC)c1ccc(N=Nc2ccc(O)c([N+](=O)[O-])c2)c(O)c1. The number of nitro groups is 1. The molecule has 0 amide bonds. The molecule has 0 aliphatic rings. The molecular formula is C16H18N4O4. The average molecular weight is 330 g/mol. The van der Waals surface area contributed by atoms with Crippen LogP contribution in [0, 0.1) is 10.1 Å². The second kappa shape index (κ2) is 7.40. The van der Waals surface area contributed by atoms with Gasteiger partial charge in [0, 0.05) is 30.9 Å². The van der Waals surface area contributed by atoms with Gasteiger partial charge in [0.1, 0.15) is 11.4 Å². The molecule has 8 nitrogen and oxygen atoms in total. The Morgan fingerprint density at radius 3 is 2.33 bits per heavy atom. The number of azo groups is 1. The van der Waals surface area contributed by atoms with E-state index in [1.165, 1.54) is 12.1 Å². The molecule has 0 saturated heterocycles. The molecule has 0 aliphatic heterocycles. The monoisotopic (exact) mass is 330 g/mol. The third-order valence-corrected chi connectivity index (χ3v) is 3.52. The zero-order chi connectivity index (χ0) is 17.7. The highest BCUT2D eigenvalue weighted by Crippen LogP contribution is 2.34. The van der Waals surface area contributed by atoms with E-state index >= 15 is 0 Å². The van der Waals surface area contributed by atoms with Crippen LogP contribution in [0.5, 0.6) is 11.5 Å². The molecule has 0 aromatic heterocycles. The number of aromatic hydroxyl groups is 2. The average Bonchev–Trinajstić information content (AvgIpc) is 2.56. The van der Waals surface area contributed by atoms with Crippen molar-refractivity contribution in [3.05, 3.63) is 46.5 Å². The predicted octanol–water partition coefficient (Wildman–Crippen LogP) is 4.27. The highest BCUT2D eigenvalue weighted by atomic mass is 16.6. The summed E-state index contributed by atoms with van der Waals surface area (Å²) < 4.78 is 0. The molecule has 0 bridgehead atoms. The van der Waals surface area contributed by atoms with E-state index in [4.69, 9.17) is 0 Å². The lowest BCUT2D eigenvalue weighted by atomic mass is 10.2. The second-order valence-corrected chi connectivity index (χ2v) is 4.98. The number of nitrogens with zero attached hydrogens (tertiary/aromatic N) is 4. The molecule has 24 heavy (non-hydrogen) atoms. The van der Waals surface area contributed by atoms with Gasteiger partial charge >= 0.3 is 5.69 Å². The smallest absolute Gasteiger partial charge is 0.312 e. The van der Waals surface area contributed by atoms with E-state index < -0.39 is 16.4 Å². The molecule has 0 saturated carbocycles. The second-order valence-electron chi connectivity index (χ2n) is 4.98. The normalized spacial score (nSPS) is 10.9. The Labute approximate surface area is 138 Å². The van der Waals surface area contributed by atoms with Crippen LogP contribution in [0.4, 0.5) is 22.7 Å². The van der Waals surface area contributed by atoms with Crippen LogP contribution in [0.2, 0.25) is 0 Å². The number of hydrogen-bond donors (Lipinski definition) is 2. The van der Waals surface area contributed by atoms with Crippen molar-refractivity contribution >= 4 is 22.7 Å². The Bertz CT molecular complexity index is 773. The summed E-state index contributed by atoms with van der Waals surface area (Å²) in [5.74, 6) is -0.471. The fourth-order valence-corrected chi connectivity index (χ4v) is 2.21. The summed E-state index contributed by atoms with van der Waals surface area (Å²) in [7, 11) is 0. The van der Waals surface area contributed by atoms with Gasteiger partial charge in [0.2, 0.25) is 0 Å². The lowest BCUT2D eigenvalue weighted by Crippen LogP contribution is -2.21. The van der Waals surface area contributed by atoms with Crippen LogP contribution in [0.3, 0.4) is 0 Å². The highest BCUT2D eigenvalue weighted by molar-refractivity contribution is 5.61. The molecule has 0 atom stereocenters. The molecule has 0 unspecified atom stereocenters. The third-order valence-electron chi connectivity index (χ3n) is 3.52. The third kappa shape index (κ3) is 3.78. The van der Waals surface area contributed by atoms with Gasteiger partial charge in [-0.25, -0.2) is 0 Å². The molecule has 2 aromatic rings. The van der Waals surface area contributed by atoms with Crippen LogP contribution in [0.15, 0.2) is 46.6 Å². The fraction of sp³-hybridized carbons (Fsp3) is 0.250. The summed E-state index contributed by atoms with van der Waals surface area (Å²) in [4.78, 5) is 12.2. The van der Waals surface area contributed by atoms with E-state index in [0.717, 1.165) is 24.8 Å². The molecular weight excluding hydrogens is 312 g/mol. The lowest BCUT2D eigenvalue weighted by molar-refractivity contribution is -0.385. The fourth-order valence-electron chi connectivity index (χ4n) is 2.21. The van der Waals surface area contributed by atoms with Gasteiger partial charge in [0.15, 0.2) is 5.75 Å². The van der Waals surface area contributed by atoms with Gasteiger partial charge in [0.05, 0.1) is 10.6 Å². The standard InChI is InChI=1S/C16H18N4O4/c1-3-19(4-2)12-6-7-13(16(22)10-12)18-17-11-5-8-15(21)14(9-11)20(23)24/h5-10,21-22H,3-4H2,1-2H3. The molecule has 0 radical (unpaired) electrons. The van der Waals surface area contributed by atoms with Gasteiger partial charge in [0.25, 0.3) is 0 Å². The highest BCUT2D eigenvalue weighted by Gasteiger charge is 2.13. The first-order valence-corrected chi connectivity index (χ1v) is 7.43. The maximum absolute atomic E-state index is 10.8. The molecule has 0 heterocycles. The maximum atomic E-state index is 10.8. The molecule has 0 fully saturated rings. The Morgan fingerprint density at radius 2 is 1.75 bits per heavy atom. The number of anilines is 1. The van der Waals surface area contributed by atoms with Gasteiger partial charge in [-0.1, -0.05) is 0 Å². The molecule has 2 N–H and O–H groups in total. The number of nitro benzene ring substituents is 1. The van der Waals surface area contributed by atoms with Crippen molar-refractivity contribution in [2.24, 2.45) is 10.2 Å². The van der Waals surface area contributed by atoms with E-state index in [2.05, 4.69) is 15.1 Å². The van der Waals surface area contributed by atoms with Gasteiger partial charge in [-0.15, -0.1) is 5.11 Å². The molecule has 0 aliphatic carbocycles. The van der Waals surface area contributed by atoms with Crippen LogP contribution in [0.25, 0.3) is 0 Å². The van der Waals surface area contributed by atoms with Crippen molar-refractivity contribution in [1.29, 1.82) is 0 Å². The largest absolute Gasteiger partial charge is 0.506 e. The van der Waals surface area contributed by atoms with Gasteiger partial charge in [-0.05, 0) is 38.1 Å².